The Balaban J connectivity index is 0.00000225. The molecule has 0 saturated carbocycles. The first kappa shape index (κ1) is 18.7. The van der Waals surface area contributed by atoms with Gasteiger partial charge in [-0.25, -0.2) is 4.79 Å². The molecule has 1 aromatic heterocycles. The monoisotopic (exact) mass is 355 g/mol. The number of hydrogen-bond donors (Lipinski definition) is 1. The molecule has 0 saturated heterocycles. The number of aryl methyl sites for hydroxylation is 2. The number of esters is 1. The van der Waals surface area contributed by atoms with Crippen molar-refractivity contribution in [2.45, 2.75) is 20.8 Å². The van der Waals surface area contributed by atoms with Gasteiger partial charge in [0.2, 0.25) is 0 Å². The van der Waals surface area contributed by atoms with E-state index in [9.17, 15) is 4.79 Å². The molecule has 0 aliphatic heterocycles. The molecule has 0 fully saturated rings. The summed E-state index contributed by atoms with van der Waals surface area (Å²) in [5, 5.41) is 4.46. The van der Waals surface area contributed by atoms with Gasteiger partial charge in [0.25, 0.3) is 0 Å². The highest BCUT2D eigenvalue weighted by atomic mass is 35.5. The van der Waals surface area contributed by atoms with Crippen molar-refractivity contribution in [3.05, 3.63) is 65.4 Å². The molecule has 25 heavy (non-hydrogen) atoms. The zero-order valence-electron chi connectivity index (χ0n) is 14.5. The van der Waals surface area contributed by atoms with E-state index in [2.05, 4.69) is 29.4 Å². The van der Waals surface area contributed by atoms with E-state index in [1.165, 1.54) is 5.56 Å². The summed E-state index contributed by atoms with van der Waals surface area (Å²) in [6, 6.07) is 15.5. The van der Waals surface area contributed by atoms with Crippen molar-refractivity contribution in [2.75, 3.05) is 11.9 Å². The third kappa shape index (κ3) is 4.28. The van der Waals surface area contributed by atoms with Crippen LogP contribution < -0.4 is 17.7 Å². The van der Waals surface area contributed by atoms with Gasteiger partial charge in [0.15, 0.2) is 0 Å². The van der Waals surface area contributed by atoms with Crippen molar-refractivity contribution in [3.8, 4) is 0 Å². The summed E-state index contributed by atoms with van der Waals surface area (Å²) in [6.45, 7) is 6.20. The van der Waals surface area contributed by atoms with Crippen LogP contribution in [-0.2, 0) is 4.74 Å². The normalized spacial score (nSPS) is 10.2. The molecule has 4 nitrogen and oxygen atoms in total. The van der Waals surface area contributed by atoms with E-state index in [-0.39, 0.29) is 18.4 Å². The fraction of sp³-hybridized carbons (Fsp3) is 0.200. The van der Waals surface area contributed by atoms with E-state index in [0.29, 0.717) is 12.2 Å². The smallest absolute Gasteiger partial charge is 0.338 e. The highest BCUT2D eigenvalue weighted by molar-refractivity contribution is 5.95. The van der Waals surface area contributed by atoms with Crippen LogP contribution in [0.1, 0.15) is 28.5 Å². The number of rotatable bonds is 4. The zero-order chi connectivity index (χ0) is 17.1. The Morgan fingerprint density at radius 1 is 1.12 bits per heavy atom. The fourth-order valence-electron chi connectivity index (χ4n) is 2.67. The van der Waals surface area contributed by atoms with Gasteiger partial charge < -0.3 is 22.5 Å². The maximum absolute atomic E-state index is 11.9. The molecular weight excluding hydrogens is 336 g/mol. The second-order valence-corrected chi connectivity index (χ2v) is 5.76. The Kier molecular flexibility index (Phi) is 5.99. The van der Waals surface area contributed by atoms with E-state index in [1.54, 1.807) is 19.1 Å². The lowest BCUT2D eigenvalue weighted by atomic mass is 10.1. The van der Waals surface area contributed by atoms with Crippen molar-refractivity contribution in [3.63, 3.8) is 0 Å². The number of aromatic nitrogens is 1. The van der Waals surface area contributed by atoms with Crippen LogP contribution in [0.4, 0.5) is 11.4 Å². The number of nitrogens with zero attached hydrogens (tertiary/aromatic N) is 1. The first-order valence-corrected chi connectivity index (χ1v) is 7.99. The lowest BCUT2D eigenvalue weighted by Gasteiger charge is -2.12. The highest BCUT2D eigenvalue weighted by Crippen LogP contribution is 2.27. The predicted molar refractivity (Wildman–Crippen MR) is 96.9 cm³/mol. The Labute approximate surface area is 153 Å². The number of carbonyl (C=O) groups excluding carboxylic acids is 1. The number of nitrogens with one attached hydrogen (secondary N) is 1. The van der Waals surface area contributed by atoms with Gasteiger partial charge in [-0.1, -0.05) is 17.7 Å². The summed E-state index contributed by atoms with van der Waals surface area (Å²) >= 11 is 0. The average Bonchev–Trinajstić information content (AvgIpc) is 2.56. The lowest BCUT2D eigenvalue weighted by molar-refractivity contribution is -0.0000229. The fourth-order valence-corrected chi connectivity index (χ4v) is 2.67. The minimum Gasteiger partial charge on any atom is -1.00 e. The number of hydrogen-bond acceptors (Lipinski definition) is 4. The second-order valence-electron chi connectivity index (χ2n) is 5.76. The van der Waals surface area contributed by atoms with Gasteiger partial charge in [-0.15, -0.1) is 0 Å². The van der Waals surface area contributed by atoms with Crippen molar-refractivity contribution < 1.29 is 21.9 Å². The number of pyridine rings is 1. The second kappa shape index (κ2) is 7.99. The summed E-state index contributed by atoms with van der Waals surface area (Å²) in [6.07, 6.45) is 0. The molecule has 0 radical (unpaired) electrons. The molecule has 2 aromatic carbocycles. The Morgan fingerprint density at radius 3 is 2.68 bits per heavy atom. The Morgan fingerprint density at radius 2 is 1.92 bits per heavy atom. The molecule has 0 unspecified atom stereocenters. The molecule has 1 heterocycles. The van der Waals surface area contributed by atoms with Crippen LogP contribution in [0.2, 0.25) is 0 Å². The van der Waals surface area contributed by atoms with Crippen LogP contribution in [-0.4, -0.2) is 17.6 Å². The number of carbonyl (C=O) groups is 1. The quantitative estimate of drug-likeness (QED) is 0.725. The SMILES string of the molecule is CCOC(=O)c1cccc(Nc2cc(C)nc3ccc(C)cc23)c1.[Cl-]. The molecule has 0 aliphatic carbocycles. The number of ether oxygens (including phenoxy) is 1. The molecule has 0 spiro atoms. The highest BCUT2D eigenvalue weighted by Gasteiger charge is 2.09. The third-order valence-corrected chi connectivity index (χ3v) is 3.74. The predicted octanol–water partition coefficient (Wildman–Crippen LogP) is 1.78. The Hall–Kier alpha value is -2.59. The lowest BCUT2D eigenvalue weighted by Crippen LogP contribution is -3.00. The minimum atomic E-state index is -0.312. The molecular formula is C20H20ClN2O2-. The molecule has 0 aliphatic rings. The van der Waals surface area contributed by atoms with E-state index in [4.69, 9.17) is 4.74 Å². The Bertz CT molecular complexity index is 909. The topological polar surface area (TPSA) is 51.2 Å². The minimum absolute atomic E-state index is 0. The molecule has 0 amide bonds. The molecule has 130 valence electrons. The van der Waals surface area contributed by atoms with Crippen LogP contribution in [0.5, 0.6) is 0 Å². The van der Waals surface area contributed by atoms with E-state index < -0.39 is 0 Å². The van der Waals surface area contributed by atoms with E-state index in [1.807, 2.05) is 31.2 Å². The molecule has 3 aromatic rings. The van der Waals surface area contributed by atoms with Gasteiger partial charge >= 0.3 is 5.97 Å². The van der Waals surface area contributed by atoms with Gasteiger partial charge in [-0.3, -0.25) is 4.98 Å². The van der Waals surface area contributed by atoms with Crippen molar-refractivity contribution in [2.24, 2.45) is 0 Å². The summed E-state index contributed by atoms with van der Waals surface area (Å²) < 4.78 is 5.06. The summed E-state index contributed by atoms with van der Waals surface area (Å²) in [7, 11) is 0. The van der Waals surface area contributed by atoms with Crippen LogP contribution in [0, 0.1) is 13.8 Å². The molecule has 1 N–H and O–H groups in total. The van der Waals surface area contributed by atoms with Crippen molar-refractivity contribution >= 4 is 28.2 Å². The maximum Gasteiger partial charge on any atom is 0.338 e. The van der Waals surface area contributed by atoms with Gasteiger partial charge in [0.05, 0.1) is 17.7 Å². The molecule has 5 heteroatoms. The largest absolute Gasteiger partial charge is 1.00 e. The third-order valence-electron chi connectivity index (χ3n) is 3.74. The molecule has 3 rings (SSSR count). The first-order chi connectivity index (χ1) is 11.6. The summed E-state index contributed by atoms with van der Waals surface area (Å²) in [4.78, 5) is 16.5. The van der Waals surface area contributed by atoms with Gasteiger partial charge in [0, 0.05) is 22.5 Å². The molecule has 0 atom stereocenters. The summed E-state index contributed by atoms with van der Waals surface area (Å²) in [5.41, 5.74) is 5.42. The number of fused-ring (bicyclic) bond motifs is 1. The standard InChI is InChI=1S/C20H20N2O2.ClH/c1-4-24-20(23)15-6-5-7-16(12-15)22-19-11-14(3)21-18-9-8-13(2)10-17(18)19;/h5-12H,4H2,1-3H3,(H,21,22);1H/p-1. The van der Waals surface area contributed by atoms with Gasteiger partial charge in [0.1, 0.15) is 0 Å². The van der Waals surface area contributed by atoms with Crippen LogP contribution in [0.25, 0.3) is 10.9 Å². The number of benzene rings is 2. The van der Waals surface area contributed by atoms with Crippen LogP contribution in [0.3, 0.4) is 0 Å². The van der Waals surface area contributed by atoms with Crippen molar-refractivity contribution in [1.82, 2.24) is 4.98 Å². The average molecular weight is 356 g/mol. The number of anilines is 2. The van der Waals surface area contributed by atoms with Crippen molar-refractivity contribution in [1.29, 1.82) is 0 Å². The number of halogens is 1. The van der Waals surface area contributed by atoms with E-state index in [0.717, 1.165) is 28.0 Å². The van der Waals surface area contributed by atoms with Gasteiger partial charge in [-0.05, 0) is 57.2 Å². The van der Waals surface area contributed by atoms with E-state index >= 15 is 0 Å². The molecule has 0 bridgehead atoms. The first-order valence-electron chi connectivity index (χ1n) is 7.99. The van der Waals surface area contributed by atoms with Crippen LogP contribution >= 0.6 is 0 Å². The van der Waals surface area contributed by atoms with Crippen LogP contribution in [0.15, 0.2) is 48.5 Å². The zero-order valence-corrected chi connectivity index (χ0v) is 15.2. The van der Waals surface area contributed by atoms with Gasteiger partial charge in [-0.2, -0.15) is 0 Å². The summed E-state index contributed by atoms with van der Waals surface area (Å²) in [5.74, 6) is -0.312. The maximum atomic E-state index is 11.9.